The molecule has 1 aliphatic rings. The second-order valence-corrected chi connectivity index (χ2v) is 9.42. The molecule has 1 aliphatic carbocycles. The molecule has 1 amide bonds. The predicted molar refractivity (Wildman–Crippen MR) is 134 cm³/mol. The summed E-state index contributed by atoms with van der Waals surface area (Å²) in [5.41, 5.74) is 1.43. The normalized spacial score (nSPS) is 18.1. The number of pyridine rings is 1. The van der Waals surface area contributed by atoms with E-state index in [0.29, 0.717) is 22.7 Å². The van der Waals surface area contributed by atoms with Gasteiger partial charge in [-0.1, -0.05) is 11.6 Å². The molecular weight excluding hydrogens is 459 g/mol. The summed E-state index contributed by atoms with van der Waals surface area (Å²) in [5.74, 6) is -1.23. The quantitative estimate of drug-likeness (QED) is 0.542. The molecule has 0 spiro atoms. The van der Waals surface area contributed by atoms with Gasteiger partial charge in [-0.15, -0.1) is 0 Å². The van der Waals surface area contributed by atoms with Gasteiger partial charge in [0.1, 0.15) is 0 Å². The minimum absolute atomic E-state index is 0.0205. The average molecular weight is 493 g/mol. The first-order valence-corrected chi connectivity index (χ1v) is 12.0. The van der Waals surface area contributed by atoms with E-state index < -0.39 is 17.3 Å². The number of H-pyrrole nitrogens is 1. The number of carbonyl (C=O) groups excluding carboxylic acids is 1. The number of aromatic amines is 1. The van der Waals surface area contributed by atoms with Crippen LogP contribution in [0.1, 0.15) is 54.1 Å². The molecule has 1 aromatic carbocycles. The summed E-state index contributed by atoms with van der Waals surface area (Å²) in [7, 11) is 5.58. The Morgan fingerprint density at radius 1 is 1.21 bits per heavy atom. The van der Waals surface area contributed by atoms with Crippen molar-refractivity contribution in [3.05, 3.63) is 56.1 Å². The second kappa shape index (κ2) is 11.2. The summed E-state index contributed by atoms with van der Waals surface area (Å²) in [6.45, 7) is 4.55. The van der Waals surface area contributed by atoms with E-state index in [0.717, 1.165) is 49.5 Å². The van der Waals surface area contributed by atoms with Gasteiger partial charge in [-0.25, -0.2) is 0 Å². The zero-order valence-electron chi connectivity index (χ0n) is 20.5. The zero-order chi connectivity index (χ0) is 25.0. The Labute approximate surface area is 205 Å². The number of hydrogen-bond acceptors (Lipinski definition) is 5. The number of halogens is 2. The number of nitrogens with zero attached hydrogens (tertiary/aromatic N) is 2. The molecule has 0 radical (unpaired) electrons. The summed E-state index contributed by atoms with van der Waals surface area (Å²) in [4.78, 5) is 32.2. The fourth-order valence-corrected chi connectivity index (χ4v) is 5.00. The lowest BCUT2D eigenvalue weighted by Gasteiger charge is -2.40. The van der Waals surface area contributed by atoms with Gasteiger partial charge < -0.3 is 24.8 Å². The number of methoxy groups -OCH3 is 1. The highest BCUT2D eigenvalue weighted by Crippen LogP contribution is 2.34. The van der Waals surface area contributed by atoms with Crippen molar-refractivity contribution >= 4 is 23.2 Å². The monoisotopic (exact) mass is 492 g/mol. The highest BCUT2D eigenvalue weighted by Gasteiger charge is 2.28. The van der Waals surface area contributed by atoms with Gasteiger partial charge in [0, 0.05) is 41.0 Å². The smallest absolute Gasteiger partial charge is 0.251 e. The van der Waals surface area contributed by atoms with Crippen LogP contribution in [0, 0.1) is 12.9 Å². The van der Waals surface area contributed by atoms with Crippen molar-refractivity contribution in [1.82, 2.24) is 15.2 Å². The Morgan fingerprint density at radius 2 is 1.85 bits per heavy atom. The van der Waals surface area contributed by atoms with E-state index in [4.69, 9.17) is 16.3 Å². The molecule has 1 fully saturated rings. The van der Waals surface area contributed by atoms with Crippen LogP contribution >= 0.6 is 11.6 Å². The van der Waals surface area contributed by atoms with Crippen molar-refractivity contribution in [2.24, 2.45) is 0 Å². The van der Waals surface area contributed by atoms with Gasteiger partial charge >= 0.3 is 0 Å². The van der Waals surface area contributed by atoms with Crippen LogP contribution in [0.5, 0.6) is 5.88 Å². The van der Waals surface area contributed by atoms with Crippen molar-refractivity contribution < 1.29 is 13.9 Å². The van der Waals surface area contributed by atoms with Crippen LogP contribution in [-0.2, 0) is 6.54 Å². The number of nitrogens with one attached hydrogen (secondary N) is 2. The number of amides is 1. The predicted octanol–water partition coefficient (Wildman–Crippen LogP) is 4.11. The van der Waals surface area contributed by atoms with Crippen molar-refractivity contribution in [2.45, 2.75) is 58.2 Å². The summed E-state index contributed by atoms with van der Waals surface area (Å²) in [5, 5.41) is 3.12. The molecule has 9 heteroatoms. The first-order valence-electron chi connectivity index (χ1n) is 11.6. The Kier molecular flexibility index (Phi) is 8.60. The summed E-state index contributed by atoms with van der Waals surface area (Å²) >= 11 is 6.43. The van der Waals surface area contributed by atoms with Gasteiger partial charge in [-0.3, -0.25) is 9.59 Å². The maximum absolute atomic E-state index is 14.3. The first-order chi connectivity index (χ1) is 16.2. The highest BCUT2D eigenvalue weighted by molar-refractivity contribution is 6.31. The number of rotatable bonds is 8. The van der Waals surface area contributed by atoms with E-state index in [1.807, 2.05) is 13.0 Å². The van der Waals surface area contributed by atoms with Crippen molar-refractivity contribution in [3.8, 4) is 5.88 Å². The van der Waals surface area contributed by atoms with Gasteiger partial charge in [-0.2, -0.15) is 4.39 Å². The van der Waals surface area contributed by atoms with Crippen LogP contribution in [0.4, 0.5) is 10.1 Å². The number of ether oxygens (including phenoxy) is 1. The largest absolute Gasteiger partial charge is 0.482 e. The third kappa shape index (κ3) is 5.73. The molecule has 0 aliphatic heterocycles. The van der Waals surface area contributed by atoms with E-state index in [1.165, 1.54) is 7.11 Å². The van der Waals surface area contributed by atoms with Crippen molar-refractivity contribution in [1.29, 1.82) is 0 Å². The minimum atomic E-state index is -0.835. The number of benzene rings is 1. The number of carbonyl (C=O) groups is 1. The number of aromatic nitrogens is 1. The van der Waals surface area contributed by atoms with E-state index in [9.17, 15) is 14.0 Å². The van der Waals surface area contributed by atoms with Crippen LogP contribution < -0.4 is 20.4 Å². The zero-order valence-corrected chi connectivity index (χ0v) is 21.3. The van der Waals surface area contributed by atoms with E-state index in [1.54, 1.807) is 6.07 Å². The molecule has 186 valence electrons. The molecule has 3 rings (SSSR count). The molecule has 2 aromatic rings. The van der Waals surface area contributed by atoms with Gasteiger partial charge in [0.15, 0.2) is 11.3 Å². The van der Waals surface area contributed by atoms with Crippen LogP contribution in [0.3, 0.4) is 0 Å². The Balaban J connectivity index is 1.81. The van der Waals surface area contributed by atoms with E-state index in [2.05, 4.69) is 41.1 Å². The summed E-state index contributed by atoms with van der Waals surface area (Å²) < 4.78 is 19.1. The van der Waals surface area contributed by atoms with Crippen molar-refractivity contribution in [2.75, 3.05) is 32.6 Å². The standard InChI is InChI=1S/C25H34ClFN4O3/c1-6-31(18-9-7-17(8-10-18)30(3)4)21-12-16(26)11-19(15(21)2)25(33)28-14-20-22(32)13-23(34-5)29-24(20)27/h11-13,17-18H,6-10,14H2,1-5H3,(H,28,33)(H,29,32). The van der Waals surface area contributed by atoms with Crippen LogP contribution in [0.15, 0.2) is 23.0 Å². The molecule has 1 aromatic heterocycles. The number of hydrogen-bond donors (Lipinski definition) is 2. The topological polar surface area (TPSA) is 77.7 Å². The van der Waals surface area contributed by atoms with E-state index in [-0.39, 0.29) is 18.0 Å². The fraction of sp³-hybridized carbons (Fsp3) is 0.520. The molecule has 0 saturated heterocycles. The lowest BCUT2D eigenvalue weighted by Crippen LogP contribution is -2.42. The second-order valence-electron chi connectivity index (χ2n) is 8.99. The summed E-state index contributed by atoms with van der Waals surface area (Å²) in [6.07, 6.45) is 4.40. The van der Waals surface area contributed by atoms with E-state index >= 15 is 0 Å². The molecule has 7 nitrogen and oxygen atoms in total. The summed E-state index contributed by atoms with van der Waals surface area (Å²) in [6, 6.07) is 5.64. The van der Waals surface area contributed by atoms with Gasteiger partial charge in [0.2, 0.25) is 5.95 Å². The van der Waals surface area contributed by atoms with Gasteiger partial charge in [-0.05, 0) is 71.3 Å². The maximum atomic E-state index is 14.3. The molecule has 34 heavy (non-hydrogen) atoms. The highest BCUT2D eigenvalue weighted by atomic mass is 35.5. The number of anilines is 1. The van der Waals surface area contributed by atoms with Crippen LogP contribution in [0.25, 0.3) is 0 Å². The first kappa shape index (κ1) is 26.0. The third-order valence-corrected chi connectivity index (χ3v) is 7.00. The lowest BCUT2D eigenvalue weighted by atomic mass is 9.89. The van der Waals surface area contributed by atoms with Crippen LogP contribution in [0.2, 0.25) is 5.02 Å². The fourth-order valence-electron chi connectivity index (χ4n) is 4.78. The minimum Gasteiger partial charge on any atom is -0.482 e. The molecule has 0 bridgehead atoms. The Morgan fingerprint density at radius 3 is 2.41 bits per heavy atom. The SMILES string of the molecule is CCN(c1cc(Cl)cc(C(=O)NCc2c(F)[nH]c(OC)cc2=O)c1C)C1CCC(N(C)C)CC1. The van der Waals surface area contributed by atoms with Crippen LogP contribution in [-0.4, -0.2) is 55.6 Å². The average Bonchev–Trinajstić information content (AvgIpc) is 2.80. The maximum Gasteiger partial charge on any atom is 0.251 e. The third-order valence-electron chi connectivity index (χ3n) is 6.78. The molecule has 2 N–H and O–H groups in total. The van der Waals surface area contributed by atoms with Crippen molar-refractivity contribution in [3.63, 3.8) is 0 Å². The Bertz CT molecular complexity index is 1080. The van der Waals surface area contributed by atoms with Gasteiger partial charge in [0.05, 0.1) is 19.2 Å². The molecule has 0 unspecified atom stereocenters. The molecular formula is C25H34ClFN4O3. The molecule has 0 atom stereocenters. The lowest BCUT2D eigenvalue weighted by molar-refractivity contribution is 0.0950. The Hall–Kier alpha value is -2.58. The van der Waals surface area contributed by atoms with Gasteiger partial charge in [0.25, 0.3) is 5.91 Å². The molecule has 1 saturated carbocycles. The molecule has 1 heterocycles.